The SMILES string of the molecule is CC(C)Cn1c(CBr)nnc1CC1CCC1. The average molecular weight is 286 g/mol. The Labute approximate surface area is 106 Å². The van der Waals surface area contributed by atoms with E-state index in [9.17, 15) is 0 Å². The monoisotopic (exact) mass is 285 g/mol. The van der Waals surface area contributed by atoms with Crippen LogP contribution in [-0.4, -0.2) is 14.8 Å². The molecule has 0 atom stereocenters. The second-order valence-corrected chi connectivity index (χ2v) is 5.73. The summed E-state index contributed by atoms with van der Waals surface area (Å²) in [5.41, 5.74) is 0. The fraction of sp³-hybridized carbons (Fsp3) is 0.833. The molecule has 90 valence electrons. The van der Waals surface area contributed by atoms with Crippen LogP contribution in [0.3, 0.4) is 0 Å². The molecule has 1 fully saturated rings. The van der Waals surface area contributed by atoms with Crippen LogP contribution < -0.4 is 0 Å². The second kappa shape index (κ2) is 5.30. The van der Waals surface area contributed by atoms with Crippen LogP contribution in [0.25, 0.3) is 0 Å². The molecular formula is C12H20BrN3. The van der Waals surface area contributed by atoms with Gasteiger partial charge in [0.25, 0.3) is 0 Å². The summed E-state index contributed by atoms with van der Waals surface area (Å²) in [5, 5.41) is 9.41. The third kappa shape index (κ3) is 2.65. The zero-order chi connectivity index (χ0) is 11.5. The van der Waals surface area contributed by atoms with Gasteiger partial charge in [0.15, 0.2) is 0 Å². The third-order valence-corrected chi connectivity index (χ3v) is 3.77. The zero-order valence-corrected chi connectivity index (χ0v) is 11.7. The number of hydrogen-bond acceptors (Lipinski definition) is 2. The van der Waals surface area contributed by atoms with Crippen LogP contribution in [0.1, 0.15) is 44.8 Å². The molecule has 3 nitrogen and oxygen atoms in total. The van der Waals surface area contributed by atoms with E-state index in [0.29, 0.717) is 5.92 Å². The smallest absolute Gasteiger partial charge is 0.143 e. The normalized spacial score (nSPS) is 16.8. The number of aromatic nitrogens is 3. The molecule has 0 saturated heterocycles. The molecule has 1 aliphatic carbocycles. The molecule has 1 aromatic heterocycles. The van der Waals surface area contributed by atoms with Crippen molar-refractivity contribution in [2.45, 2.75) is 51.4 Å². The van der Waals surface area contributed by atoms with Gasteiger partial charge in [-0.3, -0.25) is 0 Å². The first-order chi connectivity index (χ1) is 7.70. The minimum absolute atomic E-state index is 0.647. The van der Waals surface area contributed by atoms with Crippen molar-refractivity contribution in [3.8, 4) is 0 Å². The summed E-state index contributed by atoms with van der Waals surface area (Å²) in [6.45, 7) is 5.52. The Bertz CT molecular complexity index is 342. The molecule has 0 spiro atoms. The van der Waals surface area contributed by atoms with Crippen molar-refractivity contribution in [3.63, 3.8) is 0 Å². The van der Waals surface area contributed by atoms with Gasteiger partial charge in [0.2, 0.25) is 0 Å². The second-order valence-electron chi connectivity index (χ2n) is 5.17. The topological polar surface area (TPSA) is 30.7 Å². The molecule has 0 aliphatic heterocycles. The predicted octanol–water partition coefficient (Wildman–Crippen LogP) is 3.17. The molecule has 2 rings (SSSR count). The van der Waals surface area contributed by atoms with Crippen LogP contribution in [0.4, 0.5) is 0 Å². The molecule has 4 heteroatoms. The molecule has 0 N–H and O–H groups in total. The average Bonchev–Trinajstić information content (AvgIpc) is 2.53. The summed E-state index contributed by atoms with van der Waals surface area (Å²) in [6, 6.07) is 0. The largest absolute Gasteiger partial charge is 0.314 e. The number of rotatable bonds is 5. The maximum absolute atomic E-state index is 4.34. The molecule has 1 aromatic rings. The van der Waals surface area contributed by atoms with Gasteiger partial charge in [-0.25, -0.2) is 0 Å². The van der Waals surface area contributed by atoms with Crippen LogP contribution in [0.15, 0.2) is 0 Å². The van der Waals surface area contributed by atoms with Gasteiger partial charge in [-0.1, -0.05) is 49.0 Å². The first-order valence-electron chi connectivity index (χ1n) is 6.17. The lowest BCUT2D eigenvalue weighted by atomic mass is 9.83. The standard InChI is InChI=1S/C12H20BrN3/c1-9(2)8-16-11(6-10-4-3-5-10)14-15-12(16)7-13/h9-10H,3-8H2,1-2H3. The van der Waals surface area contributed by atoms with Crippen LogP contribution in [0.2, 0.25) is 0 Å². The fourth-order valence-corrected chi connectivity index (χ4v) is 2.57. The van der Waals surface area contributed by atoms with Crippen LogP contribution in [-0.2, 0) is 18.3 Å². The summed E-state index contributed by atoms with van der Waals surface area (Å²) in [7, 11) is 0. The van der Waals surface area contributed by atoms with Gasteiger partial charge in [0.05, 0.1) is 5.33 Å². The maximum Gasteiger partial charge on any atom is 0.143 e. The van der Waals surface area contributed by atoms with Crippen molar-refractivity contribution in [1.29, 1.82) is 0 Å². The Morgan fingerprint density at radius 3 is 2.50 bits per heavy atom. The fourth-order valence-electron chi connectivity index (χ4n) is 2.15. The highest BCUT2D eigenvalue weighted by molar-refractivity contribution is 9.08. The van der Waals surface area contributed by atoms with E-state index >= 15 is 0 Å². The van der Waals surface area contributed by atoms with E-state index in [2.05, 4.69) is 44.5 Å². The predicted molar refractivity (Wildman–Crippen MR) is 68.5 cm³/mol. The first kappa shape index (κ1) is 12.1. The van der Waals surface area contributed by atoms with E-state index in [-0.39, 0.29) is 0 Å². The van der Waals surface area contributed by atoms with Crippen LogP contribution in [0, 0.1) is 11.8 Å². The van der Waals surface area contributed by atoms with Crippen molar-refractivity contribution in [2.75, 3.05) is 0 Å². The molecule has 0 unspecified atom stereocenters. The minimum atomic E-state index is 0.647. The minimum Gasteiger partial charge on any atom is -0.314 e. The lowest BCUT2D eigenvalue weighted by molar-refractivity contribution is 0.303. The van der Waals surface area contributed by atoms with Crippen molar-refractivity contribution >= 4 is 15.9 Å². The molecule has 1 heterocycles. The van der Waals surface area contributed by atoms with E-state index in [1.54, 1.807) is 0 Å². The van der Waals surface area contributed by atoms with Crippen molar-refractivity contribution in [1.82, 2.24) is 14.8 Å². The van der Waals surface area contributed by atoms with Gasteiger partial charge >= 0.3 is 0 Å². The Balaban J connectivity index is 2.11. The summed E-state index contributed by atoms with van der Waals surface area (Å²) in [6.07, 6.45) is 5.26. The summed E-state index contributed by atoms with van der Waals surface area (Å²) in [4.78, 5) is 0. The van der Waals surface area contributed by atoms with E-state index in [1.807, 2.05) is 0 Å². The van der Waals surface area contributed by atoms with Crippen molar-refractivity contribution in [2.24, 2.45) is 11.8 Å². The Hall–Kier alpha value is -0.380. The number of halogens is 1. The first-order valence-corrected chi connectivity index (χ1v) is 7.29. The lowest BCUT2D eigenvalue weighted by Crippen LogP contribution is -2.18. The summed E-state index contributed by atoms with van der Waals surface area (Å²) in [5.74, 6) is 3.77. The van der Waals surface area contributed by atoms with E-state index < -0.39 is 0 Å². The van der Waals surface area contributed by atoms with Crippen LogP contribution in [0.5, 0.6) is 0 Å². The molecule has 0 amide bonds. The Morgan fingerprint density at radius 2 is 2.00 bits per heavy atom. The number of nitrogens with zero attached hydrogens (tertiary/aromatic N) is 3. The quantitative estimate of drug-likeness (QED) is 0.778. The summed E-state index contributed by atoms with van der Waals surface area (Å²) >= 11 is 3.49. The molecule has 0 aromatic carbocycles. The Kier molecular flexibility index (Phi) is 4.00. The highest BCUT2D eigenvalue weighted by Gasteiger charge is 2.21. The highest BCUT2D eigenvalue weighted by Crippen LogP contribution is 2.29. The van der Waals surface area contributed by atoms with Crippen LogP contribution >= 0.6 is 15.9 Å². The molecule has 0 radical (unpaired) electrons. The zero-order valence-electron chi connectivity index (χ0n) is 10.1. The molecular weight excluding hydrogens is 266 g/mol. The van der Waals surface area contributed by atoms with Gasteiger partial charge < -0.3 is 4.57 Å². The van der Waals surface area contributed by atoms with E-state index in [0.717, 1.165) is 30.0 Å². The molecule has 1 saturated carbocycles. The van der Waals surface area contributed by atoms with E-state index in [1.165, 1.54) is 25.1 Å². The van der Waals surface area contributed by atoms with Crippen molar-refractivity contribution < 1.29 is 0 Å². The van der Waals surface area contributed by atoms with Gasteiger partial charge in [0.1, 0.15) is 11.6 Å². The number of hydrogen-bond donors (Lipinski definition) is 0. The van der Waals surface area contributed by atoms with Gasteiger partial charge in [-0.2, -0.15) is 0 Å². The highest BCUT2D eigenvalue weighted by atomic mass is 79.9. The number of alkyl halides is 1. The molecule has 16 heavy (non-hydrogen) atoms. The van der Waals surface area contributed by atoms with Gasteiger partial charge in [0, 0.05) is 13.0 Å². The van der Waals surface area contributed by atoms with Gasteiger partial charge in [-0.15, -0.1) is 10.2 Å². The Morgan fingerprint density at radius 1 is 1.31 bits per heavy atom. The summed E-state index contributed by atoms with van der Waals surface area (Å²) < 4.78 is 2.30. The van der Waals surface area contributed by atoms with Crippen molar-refractivity contribution in [3.05, 3.63) is 11.6 Å². The van der Waals surface area contributed by atoms with E-state index in [4.69, 9.17) is 0 Å². The third-order valence-electron chi connectivity index (χ3n) is 3.27. The molecule has 0 bridgehead atoms. The van der Waals surface area contributed by atoms with Gasteiger partial charge in [-0.05, 0) is 11.8 Å². The molecule has 1 aliphatic rings. The lowest BCUT2D eigenvalue weighted by Gasteiger charge is -2.25. The maximum atomic E-state index is 4.34.